The highest BCUT2D eigenvalue weighted by Crippen LogP contribution is 2.30. The Kier molecular flexibility index (Phi) is 5.64. The SMILES string of the molecule is CCNC(=O)[C@H]1CCCN(S(=O)(=O)c2cc(C)ccc2OC)C1. The van der Waals surface area contributed by atoms with Crippen molar-refractivity contribution in [3.63, 3.8) is 0 Å². The molecule has 0 bridgehead atoms. The molecule has 1 aromatic carbocycles. The quantitative estimate of drug-likeness (QED) is 0.882. The number of ether oxygens (including phenoxy) is 1. The maximum Gasteiger partial charge on any atom is 0.246 e. The monoisotopic (exact) mass is 340 g/mol. The zero-order valence-electron chi connectivity index (χ0n) is 13.8. The van der Waals surface area contributed by atoms with E-state index in [0.717, 1.165) is 5.56 Å². The average molecular weight is 340 g/mol. The lowest BCUT2D eigenvalue weighted by atomic mass is 9.99. The van der Waals surface area contributed by atoms with Crippen molar-refractivity contribution in [3.8, 4) is 5.75 Å². The Hall–Kier alpha value is -1.60. The van der Waals surface area contributed by atoms with E-state index in [2.05, 4.69) is 5.32 Å². The largest absolute Gasteiger partial charge is 0.495 e. The van der Waals surface area contributed by atoms with Crippen LogP contribution in [0.15, 0.2) is 23.1 Å². The van der Waals surface area contributed by atoms with Gasteiger partial charge in [0.25, 0.3) is 0 Å². The number of carbonyl (C=O) groups is 1. The van der Waals surface area contributed by atoms with Crippen LogP contribution in [0.1, 0.15) is 25.3 Å². The van der Waals surface area contributed by atoms with E-state index in [1.807, 2.05) is 19.9 Å². The van der Waals surface area contributed by atoms with Crippen molar-refractivity contribution < 1.29 is 17.9 Å². The Morgan fingerprint density at radius 1 is 1.43 bits per heavy atom. The molecule has 1 aliphatic rings. The number of methoxy groups -OCH3 is 1. The second-order valence-corrected chi connectivity index (χ2v) is 7.66. The lowest BCUT2D eigenvalue weighted by molar-refractivity contribution is -0.125. The van der Waals surface area contributed by atoms with Gasteiger partial charge in [0.15, 0.2) is 0 Å². The number of nitrogens with one attached hydrogen (secondary N) is 1. The summed E-state index contributed by atoms with van der Waals surface area (Å²) in [5.41, 5.74) is 0.849. The molecule has 1 amide bonds. The van der Waals surface area contributed by atoms with Crippen LogP contribution in [0.5, 0.6) is 5.75 Å². The molecule has 6 nitrogen and oxygen atoms in total. The Labute approximate surface area is 137 Å². The molecule has 0 saturated carbocycles. The molecule has 0 aromatic heterocycles. The van der Waals surface area contributed by atoms with Gasteiger partial charge >= 0.3 is 0 Å². The molecule has 1 fully saturated rings. The fraction of sp³-hybridized carbons (Fsp3) is 0.562. The summed E-state index contributed by atoms with van der Waals surface area (Å²) in [6.45, 7) is 4.88. The zero-order chi connectivity index (χ0) is 17.0. The molecular formula is C16H24N2O4S. The summed E-state index contributed by atoms with van der Waals surface area (Å²) in [4.78, 5) is 12.2. The number of sulfonamides is 1. The van der Waals surface area contributed by atoms with Gasteiger partial charge in [-0.1, -0.05) is 6.07 Å². The summed E-state index contributed by atoms with van der Waals surface area (Å²) in [7, 11) is -2.22. The maximum absolute atomic E-state index is 13.0. The highest BCUT2D eigenvalue weighted by atomic mass is 32.2. The van der Waals surface area contributed by atoms with Crippen molar-refractivity contribution in [2.24, 2.45) is 5.92 Å². The molecule has 1 N–H and O–H groups in total. The molecule has 0 spiro atoms. The summed E-state index contributed by atoms with van der Waals surface area (Å²) in [5, 5.41) is 2.77. The fourth-order valence-corrected chi connectivity index (χ4v) is 4.58. The third-order valence-electron chi connectivity index (χ3n) is 4.04. The first-order valence-electron chi connectivity index (χ1n) is 7.82. The highest BCUT2D eigenvalue weighted by Gasteiger charge is 2.34. The first-order chi connectivity index (χ1) is 10.9. The Bertz CT molecular complexity index is 673. The van der Waals surface area contributed by atoms with Crippen LogP contribution in [0.3, 0.4) is 0 Å². The lowest BCUT2D eigenvalue weighted by Crippen LogP contribution is -2.45. The number of nitrogens with zero attached hydrogens (tertiary/aromatic N) is 1. The molecule has 2 rings (SSSR count). The maximum atomic E-state index is 13.0. The molecule has 1 heterocycles. The second kappa shape index (κ2) is 7.31. The normalized spacial score (nSPS) is 19.3. The standard InChI is InChI=1S/C16H24N2O4S/c1-4-17-16(19)13-6-5-9-18(11-13)23(20,21)15-10-12(2)7-8-14(15)22-3/h7-8,10,13H,4-6,9,11H2,1-3H3,(H,17,19)/t13-/m0/s1. The van der Waals surface area contributed by atoms with E-state index in [4.69, 9.17) is 4.74 Å². The average Bonchev–Trinajstić information content (AvgIpc) is 2.55. The van der Waals surface area contributed by atoms with Gasteiger partial charge in [0.1, 0.15) is 10.6 Å². The van der Waals surface area contributed by atoms with Crippen LogP contribution in [0.4, 0.5) is 0 Å². The van der Waals surface area contributed by atoms with Crippen molar-refractivity contribution >= 4 is 15.9 Å². The molecule has 23 heavy (non-hydrogen) atoms. The zero-order valence-corrected chi connectivity index (χ0v) is 14.6. The van der Waals surface area contributed by atoms with Gasteiger partial charge < -0.3 is 10.1 Å². The molecular weight excluding hydrogens is 316 g/mol. The Morgan fingerprint density at radius 3 is 2.83 bits per heavy atom. The first-order valence-corrected chi connectivity index (χ1v) is 9.26. The summed E-state index contributed by atoms with van der Waals surface area (Å²) >= 11 is 0. The summed E-state index contributed by atoms with van der Waals surface area (Å²) < 4.78 is 32.5. The lowest BCUT2D eigenvalue weighted by Gasteiger charge is -2.31. The van der Waals surface area contributed by atoms with Crippen molar-refractivity contribution in [1.29, 1.82) is 0 Å². The van der Waals surface area contributed by atoms with Crippen molar-refractivity contribution in [1.82, 2.24) is 9.62 Å². The molecule has 1 aromatic rings. The van der Waals surface area contributed by atoms with E-state index in [9.17, 15) is 13.2 Å². The van der Waals surface area contributed by atoms with E-state index >= 15 is 0 Å². The van der Waals surface area contributed by atoms with E-state index in [0.29, 0.717) is 31.7 Å². The third-order valence-corrected chi connectivity index (χ3v) is 5.93. The molecule has 0 radical (unpaired) electrons. The summed E-state index contributed by atoms with van der Waals surface area (Å²) in [6.07, 6.45) is 1.39. The van der Waals surface area contributed by atoms with E-state index in [-0.39, 0.29) is 23.3 Å². The molecule has 1 saturated heterocycles. The van der Waals surface area contributed by atoms with E-state index in [1.165, 1.54) is 11.4 Å². The van der Waals surface area contributed by atoms with Crippen molar-refractivity contribution in [3.05, 3.63) is 23.8 Å². The molecule has 128 valence electrons. The summed E-state index contributed by atoms with van der Waals surface area (Å²) in [6, 6.07) is 5.09. The van der Waals surface area contributed by atoms with E-state index in [1.54, 1.807) is 12.1 Å². The smallest absolute Gasteiger partial charge is 0.246 e. The number of hydrogen-bond acceptors (Lipinski definition) is 4. The van der Waals surface area contributed by atoms with Gasteiger partial charge in [0.2, 0.25) is 15.9 Å². The number of benzene rings is 1. The van der Waals surface area contributed by atoms with Crippen LogP contribution in [0.25, 0.3) is 0 Å². The van der Waals surface area contributed by atoms with Crippen molar-refractivity contribution in [2.45, 2.75) is 31.6 Å². The Balaban J connectivity index is 2.29. The molecule has 7 heteroatoms. The number of rotatable bonds is 5. The number of piperidine rings is 1. The Morgan fingerprint density at radius 2 is 2.17 bits per heavy atom. The van der Waals surface area contributed by atoms with Gasteiger partial charge in [0, 0.05) is 19.6 Å². The van der Waals surface area contributed by atoms with Gasteiger partial charge in [-0.2, -0.15) is 4.31 Å². The van der Waals surface area contributed by atoms with Crippen LogP contribution >= 0.6 is 0 Å². The van der Waals surface area contributed by atoms with Gasteiger partial charge in [-0.25, -0.2) is 8.42 Å². The van der Waals surface area contributed by atoms with Gasteiger partial charge in [0.05, 0.1) is 13.0 Å². The minimum Gasteiger partial charge on any atom is -0.495 e. The molecule has 1 atom stereocenters. The van der Waals surface area contributed by atoms with E-state index < -0.39 is 10.0 Å². The minimum absolute atomic E-state index is 0.0800. The van der Waals surface area contributed by atoms with Crippen LogP contribution < -0.4 is 10.1 Å². The predicted molar refractivity (Wildman–Crippen MR) is 87.9 cm³/mol. The van der Waals surface area contributed by atoms with Crippen LogP contribution in [0, 0.1) is 12.8 Å². The third kappa shape index (κ3) is 3.84. The van der Waals surface area contributed by atoms with Crippen LogP contribution in [0.2, 0.25) is 0 Å². The molecule has 0 unspecified atom stereocenters. The predicted octanol–water partition coefficient (Wildman–Crippen LogP) is 1.54. The summed E-state index contributed by atoms with van der Waals surface area (Å²) in [5.74, 6) is -0.0476. The number of amides is 1. The molecule has 0 aliphatic carbocycles. The van der Waals surface area contributed by atoms with Crippen molar-refractivity contribution in [2.75, 3.05) is 26.7 Å². The first kappa shape index (κ1) is 17.7. The van der Waals surface area contributed by atoms with Crippen LogP contribution in [-0.4, -0.2) is 45.4 Å². The number of carbonyl (C=O) groups excluding carboxylic acids is 1. The molecule has 1 aliphatic heterocycles. The number of aryl methyl sites for hydroxylation is 1. The van der Waals surface area contributed by atoms with Gasteiger partial charge in [-0.3, -0.25) is 4.79 Å². The second-order valence-electron chi connectivity index (χ2n) is 5.75. The van der Waals surface area contributed by atoms with Gasteiger partial charge in [-0.15, -0.1) is 0 Å². The highest BCUT2D eigenvalue weighted by molar-refractivity contribution is 7.89. The topological polar surface area (TPSA) is 75.7 Å². The minimum atomic E-state index is -3.68. The number of hydrogen-bond donors (Lipinski definition) is 1. The van der Waals surface area contributed by atoms with Gasteiger partial charge in [-0.05, 0) is 44.4 Å². The fourth-order valence-electron chi connectivity index (χ4n) is 2.82. The van der Waals surface area contributed by atoms with Crippen LogP contribution in [-0.2, 0) is 14.8 Å².